The first-order valence-corrected chi connectivity index (χ1v) is 15.2. The number of aliphatic carboxylic acids is 1. The number of nitrogens with one attached hydrogen (secondary N) is 1. The van der Waals surface area contributed by atoms with Gasteiger partial charge in [0.15, 0.2) is 0 Å². The molecule has 44 heavy (non-hydrogen) atoms. The van der Waals surface area contributed by atoms with Crippen LogP contribution in [0.1, 0.15) is 72.4 Å². The van der Waals surface area contributed by atoms with Crippen molar-refractivity contribution in [1.82, 2.24) is 19.8 Å². The van der Waals surface area contributed by atoms with Gasteiger partial charge in [0.25, 0.3) is 5.56 Å². The summed E-state index contributed by atoms with van der Waals surface area (Å²) in [6, 6.07) is 5.42. The lowest BCUT2D eigenvalue weighted by molar-refractivity contribution is -0.137. The summed E-state index contributed by atoms with van der Waals surface area (Å²) in [6.07, 6.45) is 1.43. The Hall–Kier alpha value is -3.50. The van der Waals surface area contributed by atoms with Crippen LogP contribution in [0.15, 0.2) is 35.3 Å². The minimum absolute atomic E-state index is 0.0974. The molecular weight excluding hydrogens is 569 g/mol. The molecule has 1 aromatic heterocycles. The molecule has 0 saturated carbocycles. The Labute approximate surface area is 257 Å². The van der Waals surface area contributed by atoms with E-state index in [0.29, 0.717) is 49.4 Å². The van der Waals surface area contributed by atoms with E-state index in [9.17, 15) is 19.1 Å². The molecule has 1 fully saturated rings. The topological polar surface area (TPSA) is 87.5 Å². The number of alkyl halides is 1. The van der Waals surface area contributed by atoms with Crippen molar-refractivity contribution < 1.29 is 23.1 Å². The quantitative estimate of drug-likeness (QED) is 0.246. The second-order valence-corrected chi connectivity index (χ2v) is 12.5. The molecule has 2 N–H and O–H groups in total. The number of carbonyl (C=O) groups is 1. The largest absolute Gasteiger partial charge is 0.481 e. The van der Waals surface area contributed by atoms with Gasteiger partial charge in [-0.3, -0.25) is 19.5 Å². The van der Waals surface area contributed by atoms with E-state index >= 15 is 8.78 Å². The van der Waals surface area contributed by atoms with Crippen molar-refractivity contribution in [3.63, 3.8) is 0 Å². The van der Waals surface area contributed by atoms with Crippen molar-refractivity contribution in [2.45, 2.75) is 79.1 Å². The second kappa shape index (κ2) is 14.1. The monoisotopic (exact) mass is 612 g/mol. The lowest BCUT2D eigenvalue weighted by Gasteiger charge is -2.34. The van der Waals surface area contributed by atoms with Gasteiger partial charge >= 0.3 is 5.97 Å². The summed E-state index contributed by atoms with van der Waals surface area (Å²) in [4.78, 5) is 31.7. The molecule has 0 aliphatic carbocycles. The Balaban J connectivity index is 1.70. The number of benzene rings is 2. The number of hydrogen-bond donors (Lipinski definition) is 2. The molecule has 3 aromatic rings. The fourth-order valence-electron chi connectivity index (χ4n) is 6.14. The zero-order valence-electron chi connectivity index (χ0n) is 26.4. The zero-order chi connectivity index (χ0) is 32.3. The molecule has 238 valence electrons. The minimum atomic E-state index is -1.21. The molecule has 1 aliphatic heterocycles. The van der Waals surface area contributed by atoms with Crippen LogP contribution in [0, 0.1) is 45.2 Å². The fraction of sp³-hybridized carbons (Fsp3) is 0.500. The number of halogens is 3. The van der Waals surface area contributed by atoms with Gasteiger partial charge < -0.3 is 15.0 Å². The van der Waals surface area contributed by atoms with E-state index in [4.69, 9.17) is 0 Å². The molecule has 0 radical (unpaired) electrons. The van der Waals surface area contributed by atoms with Crippen LogP contribution in [0.5, 0.6) is 0 Å². The highest BCUT2D eigenvalue weighted by atomic mass is 19.1. The summed E-state index contributed by atoms with van der Waals surface area (Å²) in [6.45, 7) is 12.4. The van der Waals surface area contributed by atoms with Crippen molar-refractivity contribution in [1.29, 1.82) is 0 Å². The minimum Gasteiger partial charge on any atom is -0.481 e. The summed E-state index contributed by atoms with van der Waals surface area (Å²) in [5, 5.41) is 12.9. The first-order valence-electron chi connectivity index (χ1n) is 15.2. The van der Waals surface area contributed by atoms with Gasteiger partial charge in [-0.15, -0.1) is 0 Å². The van der Waals surface area contributed by atoms with Crippen LogP contribution >= 0.6 is 0 Å². The number of aryl methyl sites for hydroxylation is 4. The maximum atomic E-state index is 16.3. The maximum Gasteiger partial charge on any atom is 0.305 e. The molecule has 2 atom stereocenters. The van der Waals surface area contributed by atoms with E-state index in [1.54, 1.807) is 24.6 Å². The smallest absolute Gasteiger partial charge is 0.305 e. The van der Waals surface area contributed by atoms with Crippen LogP contribution in [0.4, 0.5) is 13.2 Å². The molecule has 2 heterocycles. The lowest BCUT2D eigenvalue weighted by atomic mass is 9.89. The number of carboxylic acid groups (broad SMARTS) is 1. The Bertz CT molecular complexity index is 1550. The van der Waals surface area contributed by atoms with E-state index < -0.39 is 42.3 Å². The summed E-state index contributed by atoms with van der Waals surface area (Å²) >= 11 is 0. The standard InChI is InChI=1S/C34H43F3N4O3/c1-19(2)12-26(41-18-25(39-23(6)34(41)44)10-11-40-16-24(35)17-40)15-38-28(14-29(42)43)31-32(36)22(5)13-27(33(31)37)30-20(3)8-7-9-21(30)4/h7-9,13,18-19,24,26,28,38H,10-12,14-17H2,1-6H3,(H,42,43)/t26-,28-/m0/s1. The number of likely N-dealkylation sites (tertiary alicyclic amines) is 1. The molecule has 4 rings (SSSR count). The highest BCUT2D eigenvalue weighted by Crippen LogP contribution is 2.36. The Morgan fingerprint density at radius 2 is 1.75 bits per heavy atom. The van der Waals surface area contributed by atoms with E-state index in [1.165, 1.54) is 6.07 Å². The summed E-state index contributed by atoms with van der Waals surface area (Å²) in [5.41, 5.74) is 3.12. The van der Waals surface area contributed by atoms with E-state index in [0.717, 1.165) is 11.1 Å². The first kappa shape index (κ1) is 33.4. The SMILES string of the molecule is Cc1cc(-c2c(C)cccc2C)c(F)c([C@H](CC(=O)O)NC[C@H](CC(C)C)n2cc(CCN3CC(F)C3)nc(C)c2=O)c1F. The average Bonchev–Trinajstić information content (AvgIpc) is 2.92. The predicted octanol–water partition coefficient (Wildman–Crippen LogP) is 6.01. The van der Waals surface area contributed by atoms with Crippen LogP contribution in [-0.4, -0.2) is 57.9 Å². The van der Waals surface area contributed by atoms with Crippen molar-refractivity contribution >= 4 is 5.97 Å². The van der Waals surface area contributed by atoms with Crippen LogP contribution < -0.4 is 10.9 Å². The predicted molar refractivity (Wildman–Crippen MR) is 166 cm³/mol. The lowest BCUT2D eigenvalue weighted by Crippen LogP contribution is -2.49. The van der Waals surface area contributed by atoms with Crippen LogP contribution in [0.25, 0.3) is 11.1 Å². The Kier molecular flexibility index (Phi) is 10.7. The Morgan fingerprint density at radius 3 is 2.34 bits per heavy atom. The van der Waals surface area contributed by atoms with Crippen molar-refractivity contribution in [3.05, 3.63) is 86.1 Å². The summed E-state index contributed by atoms with van der Waals surface area (Å²) in [7, 11) is 0. The fourth-order valence-corrected chi connectivity index (χ4v) is 6.14. The maximum absolute atomic E-state index is 16.3. The van der Waals surface area contributed by atoms with Gasteiger partial charge in [0.2, 0.25) is 0 Å². The molecule has 0 spiro atoms. The van der Waals surface area contributed by atoms with Gasteiger partial charge in [0.05, 0.1) is 12.1 Å². The third kappa shape index (κ3) is 7.58. The van der Waals surface area contributed by atoms with Crippen LogP contribution in [0.3, 0.4) is 0 Å². The van der Waals surface area contributed by atoms with Gasteiger partial charge in [-0.1, -0.05) is 32.0 Å². The molecule has 1 saturated heterocycles. The van der Waals surface area contributed by atoms with Gasteiger partial charge in [0, 0.05) is 62.0 Å². The number of hydrogen-bond acceptors (Lipinski definition) is 5. The average molecular weight is 613 g/mol. The highest BCUT2D eigenvalue weighted by molar-refractivity contribution is 5.73. The molecule has 0 unspecified atom stereocenters. The van der Waals surface area contributed by atoms with Crippen molar-refractivity contribution in [3.8, 4) is 11.1 Å². The normalized spacial score (nSPS) is 15.4. The molecule has 0 bridgehead atoms. The zero-order valence-corrected chi connectivity index (χ0v) is 26.4. The number of aromatic nitrogens is 2. The molecule has 1 aliphatic rings. The molecule has 10 heteroatoms. The number of nitrogens with zero attached hydrogens (tertiary/aromatic N) is 3. The van der Waals surface area contributed by atoms with E-state index in [-0.39, 0.29) is 34.7 Å². The second-order valence-electron chi connectivity index (χ2n) is 12.5. The van der Waals surface area contributed by atoms with Gasteiger partial charge in [-0.2, -0.15) is 0 Å². The van der Waals surface area contributed by atoms with Gasteiger partial charge in [-0.05, 0) is 68.4 Å². The third-order valence-electron chi connectivity index (χ3n) is 8.37. The Morgan fingerprint density at radius 1 is 1.09 bits per heavy atom. The summed E-state index contributed by atoms with van der Waals surface area (Å²) < 4.78 is 46.9. The van der Waals surface area contributed by atoms with E-state index in [2.05, 4.69) is 10.3 Å². The van der Waals surface area contributed by atoms with Crippen molar-refractivity contribution in [2.24, 2.45) is 5.92 Å². The molecule has 0 amide bonds. The van der Waals surface area contributed by atoms with Gasteiger partial charge in [-0.25, -0.2) is 13.2 Å². The van der Waals surface area contributed by atoms with Gasteiger partial charge in [0.1, 0.15) is 23.5 Å². The number of carboxylic acids is 1. The summed E-state index contributed by atoms with van der Waals surface area (Å²) in [5.74, 6) is -2.64. The molecule has 2 aromatic carbocycles. The van der Waals surface area contributed by atoms with Crippen LogP contribution in [0.2, 0.25) is 0 Å². The highest BCUT2D eigenvalue weighted by Gasteiger charge is 2.29. The van der Waals surface area contributed by atoms with Crippen molar-refractivity contribution in [2.75, 3.05) is 26.2 Å². The molecule has 7 nitrogen and oxygen atoms in total. The van der Waals surface area contributed by atoms with Crippen LogP contribution in [-0.2, 0) is 11.2 Å². The molecular formula is C34H43F3N4O3. The number of rotatable bonds is 13. The third-order valence-corrected chi connectivity index (χ3v) is 8.37. The van der Waals surface area contributed by atoms with E-state index in [1.807, 2.05) is 50.8 Å². The first-order chi connectivity index (χ1) is 20.8.